The van der Waals surface area contributed by atoms with Gasteiger partial charge in [0.25, 0.3) is 0 Å². The lowest BCUT2D eigenvalue weighted by Gasteiger charge is -2.74. The minimum absolute atomic E-state index is 0.469. The number of hydrogen-bond acceptors (Lipinski definition) is 0. The van der Waals surface area contributed by atoms with E-state index in [1.54, 1.807) is 71.9 Å². The van der Waals surface area contributed by atoms with Gasteiger partial charge in [0.15, 0.2) is 0 Å². The predicted molar refractivity (Wildman–Crippen MR) is 159 cm³/mol. The van der Waals surface area contributed by atoms with E-state index in [1.165, 1.54) is 51.4 Å². The second kappa shape index (κ2) is 8.01. The van der Waals surface area contributed by atoms with Crippen molar-refractivity contribution >= 4 is 0 Å². The Labute approximate surface area is 232 Å². The van der Waals surface area contributed by atoms with Crippen molar-refractivity contribution < 1.29 is 0 Å². The van der Waals surface area contributed by atoms with Gasteiger partial charge in [0, 0.05) is 0 Å². The fourth-order valence-electron chi connectivity index (χ4n) is 13.3. The lowest BCUT2D eigenvalue weighted by atomic mass is 9.30. The molecule has 8 saturated carbocycles. The molecule has 8 aliphatic carbocycles. The number of hydrogen-bond donors (Lipinski definition) is 0. The Morgan fingerprint density at radius 1 is 0.553 bits per heavy atom. The van der Waals surface area contributed by atoms with E-state index in [2.05, 4.69) is 64.1 Å². The summed E-state index contributed by atoms with van der Waals surface area (Å²) in [6.07, 6.45) is 20.7. The molecule has 4 atom stereocenters. The molecule has 0 nitrogen and oxygen atoms in total. The Morgan fingerprint density at radius 3 is 1.24 bits per heavy atom. The molecule has 0 aromatic heterocycles. The largest absolute Gasteiger partial charge is 0.0613 e. The van der Waals surface area contributed by atoms with E-state index in [0.29, 0.717) is 21.7 Å². The second-order valence-electron chi connectivity index (χ2n) is 16.0. The average molecular weight is 507 g/mol. The van der Waals surface area contributed by atoms with Crippen LogP contribution in [0.2, 0.25) is 0 Å². The van der Waals surface area contributed by atoms with Crippen molar-refractivity contribution in [2.24, 2.45) is 34.5 Å². The maximum Gasteiger partial charge on any atom is -0.00361 e. The Hall–Kier alpha value is -1.56. The molecule has 2 aromatic rings. The van der Waals surface area contributed by atoms with Crippen molar-refractivity contribution in [3.63, 3.8) is 0 Å². The highest BCUT2D eigenvalue weighted by Crippen LogP contribution is 2.78. The summed E-state index contributed by atoms with van der Waals surface area (Å²) in [7, 11) is 0. The van der Waals surface area contributed by atoms with Crippen molar-refractivity contribution in [3.8, 4) is 0 Å². The molecule has 202 valence electrons. The first-order valence-corrected chi connectivity index (χ1v) is 16.5. The van der Waals surface area contributed by atoms with Crippen LogP contribution in [0.3, 0.4) is 0 Å². The molecule has 0 amide bonds. The predicted octanol–water partition coefficient (Wildman–Crippen LogP) is 9.80. The fraction of sp³-hybridized carbons (Fsp3) is 0.684. The van der Waals surface area contributed by atoms with Gasteiger partial charge in [-0.2, -0.15) is 0 Å². The van der Waals surface area contributed by atoms with Crippen molar-refractivity contribution in [1.82, 2.24) is 0 Å². The third-order valence-electron chi connectivity index (χ3n) is 13.9. The molecule has 0 radical (unpaired) electrons. The number of benzene rings is 2. The number of rotatable bonds is 5. The highest BCUT2D eigenvalue weighted by Gasteiger charge is 2.70. The van der Waals surface area contributed by atoms with E-state index in [1.807, 2.05) is 0 Å². The van der Waals surface area contributed by atoms with E-state index in [0.717, 1.165) is 23.7 Å². The van der Waals surface area contributed by atoms with E-state index in [4.69, 9.17) is 0 Å². The van der Waals surface area contributed by atoms with E-state index in [9.17, 15) is 0 Å². The Morgan fingerprint density at radius 2 is 0.921 bits per heavy atom. The Balaban J connectivity index is 1.21. The third kappa shape index (κ3) is 3.22. The van der Waals surface area contributed by atoms with Gasteiger partial charge in [0.05, 0.1) is 0 Å². The second-order valence-corrected chi connectivity index (χ2v) is 16.0. The monoisotopic (exact) mass is 506 g/mol. The maximum atomic E-state index is 2.65. The lowest BCUT2D eigenvalue weighted by Crippen LogP contribution is -2.66. The summed E-state index contributed by atoms with van der Waals surface area (Å²) in [5.74, 6) is 3.93. The van der Waals surface area contributed by atoms with Gasteiger partial charge in [-0.15, -0.1) is 0 Å². The van der Waals surface area contributed by atoms with Crippen LogP contribution >= 0.6 is 0 Å². The Bertz CT molecular complexity index is 1150. The normalized spacial score (nSPS) is 44.2. The summed E-state index contributed by atoms with van der Waals surface area (Å²) < 4.78 is 0. The van der Waals surface area contributed by atoms with Crippen molar-refractivity contribution in [2.75, 3.05) is 0 Å². The maximum absolute atomic E-state index is 2.65. The quantitative estimate of drug-likeness (QED) is 0.378. The smallest absolute Gasteiger partial charge is 0.00361 e. The van der Waals surface area contributed by atoms with E-state index < -0.39 is 0 Å². The molecule has 0 N–H and O–H groups in total. The summed E-state index contributed by atoms with van der Waals surface area (Å²) in [5, 5.41) is 0. The minimum Gasteiger partial charge on any atom is -0.0613 e. The summed E-state index contributed by atoms with van der Waals surface area (Å²) in [5.41, 5.74) is 11.8. The molecule has 8 fully saturated rings. The highest BCUT2D eigenvalue weighted by atomic mass is 14.7. The molecular formula is C38H50. The molecule has 0 saturated heterocycles. The van der Waals surface area contributed by atoms with E-state index >= 15 is 0 Å². The molecule has 4 unspecified atom stereocenters. The summed E-state index contributed by atoms with van der Waals surface area (Å²) in [6.45, 7) is 9.41. The van der Waals surface area contributed by atoms with Crippen LogP contribution in [0.4, 0.5) is 0 Å². The van der Waals surface area contributed by atoms with Crippen LogP contribution in [0.15, 0.2) is 36.4 Å². The van der Waals surface area contributed by atoms with Gasteiger partial charge in [-0.3, -0.25) is 0 Å². The van der Waals surface area contributed by atoms with Gasteiger partial charge in [-0.25, -0.2) is 0 Å². The standard InChI is InChI=1S/C38H50/c1-5-31-7-9-33(11-25(31)3)35-15-27-13-28(16-35)20-37(19-27,23-35)38-21-29-14-30(22-38)18-36(17-29,24-38)34-10-8-32(6-2)26(4)12-34/h7-12,27-30H,5-6,13-24H2,1-4H3. The van der Waals surface area contributed by atoms with E-state index in [-0.39, 0.29) is 0 Å². The minimum atomic E-state index is 0.469. The van der Waals surface area contributed by atoms with Gasteiger partial charge in [0.1, 0.15) is 0 Å². The molecular weight excluding hydrogens is 456 g/mol. The zero-order chi connectivity index (χ0) is 25.9. The van der Waals surface area contributed by atoms with Crippen LogP contribution in [-0.2, 0) is 23.7 Å². The average Bonchev–Trinajstić information content (AvgIpc) is 2.87. The van der Waals surface area contributed by atoms with Gasteiger partial charge < -0.3 is 0 Å². The highest BCUT2D eigenvalue weighted by molar-refractivity contribution is 5.41. The molecule has 0 spiro atoms. The first-order valence-electron chi connectivity index (χ1n) is 16.5. The van der Waals surface area contributed by atoms with Gasteiger partial charge in [-0.1, -0.05) is 50.2 Å². The summed E-state index contributed by atoms with van der Waals surface area (Å²) >= 11 is 0. The molecule has 0 heteroatoms. The molecule has 8 aliphatic rings. The molecule has 8 bridgehead atoms. The van der Waals surface area contributed by atoms with Crippen LogP contribution in [-0.4, -0.2) is 0 Å². The first-order chi connectivity index (χ1) is 18.3. The topological polar surface area (TPSA) is 0 Å². The zero-order valence-corrected chi connectivity index (χ0v) is 24.7. The van der Waals surface area contributed by atoms with Crippen LogP contribution in [0.1, 0.15) is 124 Å². The van der Waals surface area contributed by atoms with Crippen LogP contribution in [0.5, 0.6) is 0 Å². The molecule has 0 aliphatic heterocycles. The molecule has 0 heterocycles. The SMILES string of the molecule is CCc1ccc(C23CC4CC(C2)CC(C25CC6CC(CC(c7ccc(CC)c(C)c7)(C6)C2)C5)(C4)C3)cc1C. The van der Waals surface area contributed by atoms with Crippen molar-refractivity contribution in [1.29, 1.82) is 0 Å². The first kappa shape index (κ1) is 24.3. The molecule has 38 heavy (non-hydrogen) atoms. The lowest BCUT2D eigenvalue weighted by molar-refractivity contribution is -0.212. The van der Waals surface area contributed by atoms with Crippen molar-refractivity contribution in [2.45, 2.75) is 128 Å². The van der Waals surface area contributed by atoms with Gasteiger partial charge in [-0.05, 0) is 182 Å². The van der Waals surface area contributed by atoms with Crippen LogP contribution < -0.4 is 0 Å². The van der Waals surface area contributed by atoms with Gasteiger partial charge >= 0.3 is 0 Å². The van der Waals surface area contributed by atoms with Gasteiger partial charge in [0.2, 0.25) is 0 Å². The number of aryl methyl sites for hydroxylation is 4. The molecule has 10 rings (SSSR count). The fourth-order valence-corrected chi connectivity index (χ4v) is 13.3. The molecule has 2 aromatic carbocycles. The zero-order valence-electron chi connectivity index (χ0n) is 24.7. The summed E-state index contributed by atoms with van der Waals surface area (Å²) in [6, 6.07) is 15.5. The van der Waals surface area contributed by atoms with Crippen LogP contribution in [0.25, 0.3) is 0 Å². The third-order valence-corrected chi connectivity index (χ3v) is 13.9. The summed E-state index contributed by atoms with van der Waals surface area (Å²) in [4.78, 5) is 0. The van der Waals surface area contributed by atoms with Crippen LogP contribution in [0, 0.1) is 48.3 Å². The Kier molecular flexibility index (Phi) is 5.11. The van der Waals surface area contributed by atoms with Crippen molar-refractivity contribution in [3.05, 3.63) is 69.8 Å².